The summed E-state index contributed by atoms with van der Waals surface area (Å²) in [6.45, 7) is 2.62. The largest absolute Gasteiger partial charge is 0.305 e. The van der Waals surface area contributed by atoms with E-state index in [0.717, 1.165) is 21.1 Å². The van der Waals surface area contributed by atoms with Crippen LogP contribution >= 0.6 is 34.3 Å². The number of hydrogen-bond donors (Lipinski definition) is 1. The third kappa shape index (κ3) is 4.98. The molecule has 1 aliphatic heterocycles. The third-order valence-electron chi connectivity index (χ3n) is 6.23. The van der Waals surface area contributed by atoms with Crippen LogP contribution < -0.4 is 5.32 Å². The summed E-state index contributed by atoms with van der Waals surface area (Å²) >= 11 is 9.17. The molecule has 3 aromatic heterocycles. The molecule has 0 radical (unpaired) electrons. The number of amides is 1. The van der Waals surface area contributed by atoms with E-state index >= 15 is 0 Å². The predicted molar refractivity (Wildman–Crippen MR) is 144 cm³/mol. The molecule has 4 heterocycles. The number of sulfonamides is 1. The van der Waals surface area contributed by atoms with E-state index in [1.807, 2.05) is 30.5 Å². The summed E-state index contributed by atoms with van der Waals surface area (Å²) in [7, 11) is -1.82. The fraction of sp³-hybridized carbons (Fsp3) is 0.292. The number of anilines is 1. The summed E-state index contributed by atoms with van der Waals surface area (Å²) < 4.78 is 29.3. The number of carbonyl (C=O) groups excluding carboxylic acids is 1. The molecule has 5 rings (SSSR count). The van der Waals surface area contributed by atoms with Gasteiger partial charge >= 0.3 is 0 Å². The van der Waals surface area contributed by atoms with Gasteiger partial charge in [-0.1, -0.05) is 23.7 Å². The molecular formula is C24H24ClN5O3S3. The topological polar surface area (TPSA) is 97.2 Å². The van der Waals surface area contributed by atoms with Crippen LogP contribution in [0.5, 0.6) is 0 Å². The number of piperidine rings is 1. The minimum absolute atomic E-state index is 0.103. The molecule has 36 heavy (non-hydrogen) atoms. The highest BCUT2D eigenvalue weighted by Gasteiger charge is 2.31. The van der Waals surface area contributed by atoms with Crippen molar-refractivity contribution in [3.05, 3.63) is 68.4 Å². The first-order chi connectivity index (χ1) is 17.2. The van der Waals surface area contributed by atoms with Crippen molar-refractivity contribution in [1.82, 2.24) is 19.1 Å². The van der Waals surface area contributed by atoms with Crippen LogP contribution in [0, 0.1) is 6.92 Å². The molecule has 1 aliphatic rings. The van der Waals surface area contributed by atoms with Crippen LogP contribution in [-0.4, -0.2) is 46.5 Å². The van der Waals surface area contributed by atoms with Crippen molar-refractivity contribution in [2.45, 2.75) is 30.6 Å². The first kappa shape index (κ1) is 25.1. The molecule has 1 N–H and O–H groups in total. The van der Waals surface area contributed by atoms with Crippen molar-refractivity contribution in [2.75, 3.05) is 18.4 Å². The van der Waals surface area contributed by atoms with E-state index in [9.17, 15) is 13.2 Å². The van der Waals surface area contributed by atoms with Crippen LogP contribution in [0.15, 0.2) is 52.1 Å². The Morgan fingerprint density at radius 2 is 1.94 bits per heavy atom. The maximum absolute atomic E-state index is 13.1. The highest BCUT2D eigenvalue weighted by molar-refractivity contribution is 7.89. The van der Waals surface area contributed by atoms with Gasteiger partial charge in [-0.25, -0.2) is 13.4 Å². The van der Waals surface area contributed by atoms with Gasteiger partial charge in [-0.15, -0.1) is 22.7 Å². The monoisotopic (exact) mass is 561 g/mol. The molecule has 12 heteroatoms. The molecule has 1 aromatic carbocycles. The molecule has 0 aliphatic carbocycles. The van der Waals surface area contributed by atoms with Gasteiger partial charge in [0.15, 0.2) is 0 Å². The van der Waals surface area contributed by atoms with Crippen LogP contribution in [0.4, 0.5) is 5.82 Å². The maximum atomic E-state index is 13.1. The van der Waals surface area contributed by atoms with Crippen LogP contribution in [0.2, 0.25) is 5.02 Å². The van der Waals surface area contributed by atoms with Crippen molar-refractivity contribution >= 4 is 56.0 Å². The number of carbonyl (C=O) groups is 1. The fourth-order valence-electron chi connectivity index (χ4n) is 4.11. The van der Waals surface area contributed by atoms with Crippen molar-refractivity contribution < 1.29 is 13.2 Å². The Hall–Kier alpha value is -2.57. The highest BCUT2D eigenvalue weighted by Crippen LogP contribution is 2.33. The minimum atomic E-state index is -3.61. The SMILES string of the molecule is Cc1ccc(S(=O)(=O)N2CCC(c3nc(C(=O)Nc4cc(-c5cccs5)nn4C)cs3)CC2)cc1Cl. The minimum Gasteiger partial charge on any atom is -0.305 e. The molecule has 0 bridgehead atoms. The van der Waals surface area contributed by atoms with Gasteiger partial charge in [0, 0.05) is 42.5 Å². The Kier molecular flexibility index (Phi) is 7.01. The molecular weight excluding hydrogens is 538 g/mol. The number of rotatable bonds is 6. The Bertz CT molecular complexity index is 1500. The lowest BCUT2D eigenvalue weighted by atomic mass is 9.99. The van der Waals surface area contributed by atoms with Gasteiger partial charge in [0.2, 0.25) is 10.0 Å². The zero-order valence-corrected chi connectivity index (χ0v) is 22.8. The Balaban J connectivity index is 1.22. The van der Waals surface area contributed by atoms with E-state index in [1.54, 1.807) is 40.6 Å². The number of hydrogen-bond acceptors (Lipinski definition) is 7. The van der Waals surface area contributed by atoms with Crippen molar-refractivity contribution in [3.63, 3.8) is 0 Å². The number of nitrogens with zero attached hydrogens (tertiary/aromatic N) is 4. The normalized spacial score (nSPS) is 15.3. The molecule has 0 saturated carbocycles. The van der Waals surface area contributed by atoms with Gasteiger partial charge in [-0.3, -0.25) is 9.48 Å². The molecule has 0 unspecified atom stereocenters. The molecule has 0 atom stereocenters. The highest BCUT2D eigenvalue weighted by atomic mass is 35.5. The molecule has 8 nitrogen and oxygen atoms in total. The fourth-order valence-corrected chi connectivity index (χ4v) is 7.51. The van der Waals surface area contributed by atoms with E-state index in [1.165, 1.54) is 21.7 Å². The number of halogens is 1. The second-order valence-corrected chi connectivity index (χ2v) is 12.8. The summed E-state index contributed by atoms with van der Waals surface area (Å²) in [5.74, 6) is 0.397. The standard InChI is InChI=1S/C24H24ClN5O3S3/c1-15-5-6-17(12-18(15)25)36(32,33)30-9-7-16(8-10-30)24-26-20(14-35-24)23(31)27-22-13-19(28-29(22)2)21-4-3-11-34-21/h3-6,11-14,16H,7-10H2,1-2H3,(H,27,31). The molecule has 0 spiro atoms. The first-order valence-corrected chi connectivity index (χ1v) is 14.9. The van der Waals surface area contributed by atoms with Crippen molar-refractivity contribution in [1.29, 1.82) is 0 Å². The summed E-state index contributed by atoms with van der Waals surface area (Å²) in [6, 6.07) is 10.6. The van der Waals surface area contributed by atoms with E-state index in [0.29, 0.717) is 42.5 Å². The molecule has 1 amide bonds. The average molecular weight is 562 g/mol. The zero-order valence-electron chi connectivity index (χ0n) is 19.6. The smallest absolute Gasteiger partial charge is 0.276 e. The molecule has 1 saturated heterocycles. The van der Waals surface area contributed by atoms with Crippen LogP contribution in [-0.2, 0) is 17.1 Å². The van der Waals surface area contributed by atoms with Crippen LogP contribution in [0.25, 0.3) is 10.6 Å². The lowest BCUT2D eigenvalue weighted by Crippen LogP contribution is -2.37. The number of aryl methyl sites for hydroxylation is 2. The van der Waals surface area contributed by atoms with Crippen molar-refractivity contribution in [3.8, 4) is 10.6 Å². The second kappa shape index (κ2) is 10.1. The second-order valence-electron chi connectivity index (χ2n) is 8.63. The summed E-state index contributed by atoms with van der Waals surface area (Å²) in [4.78, 5) is 18.7. The maximum Gasteiger partial charge on any atom is 0.276 e. The van der Waals surface area contributed by atoms with Crippen LogP contribution in [0.1, 0.15) is 39.8 Å². The molecule has 4 aromatic rings. The Labute approximate surface area is 222 Å². The number of thiophene rings is 1. The number of aromatic nitrogens is 3. The van der Waals surface area contributed by atoms with Gasteiger partial charge in [-0.2, -0.15) is 9.40 Å². The summed E-state index contributed by atoms with van der Waals surface area (Å²) in [5.41, 5.74) is 1.99. The lowest BCUT2D eigenvalue weighted by molar-refractivity contribution is 0.102. The van der Waals surface area contributed by atoms with Gasteiger partial charge in [0.1, 0.15) is 17.2 Å². The van der Waals surface area contributed by atoms with Gasteiger partial charge < -0.3 is 5.32 Å². The Morgan fingerprint density at radius 3 is 2.64 bits per heavy atom. The van der Waals surface area contributed by atoms with Gasteiger partial charge in [0.25, 0.3) is 5.91 Å². The van der Waals surface area contributed by atoms with Gasteiger partial charge in [-0.05, 0) is 48.9 Å². The van der Waals surface area contributed by atoms with Crippen LogP contribution in [0.3, 0.4) is 0 Å². The first-order valence-electron chi connectivity index (χ1n) is 11.3. The molecule has 188 valence electrons. The third-order valence-corrected chi connectivity index (χ3v) is 10.4. The summed E-state index contributed by atoms with van der Waals surface area (Å²) in [6.07, 6.45) is 1.28. The number of benzene rings is 1. The van der Waals surface area contributed by atoms with Crippen molar-refractivity contribution in [2.24, 2.45) is 7.05 Å². The Morgan fingerprint density at radius 1 is 1.17 bits per heavy atom. The van der Waals surface area contributed by atoms with E-state index in [2.05, 4.69) is 15.4 Å². The average Bonchev–Trinajstić information content (AvgIpc) is 3.63. The number of thiazole rings is 1. The quantitative estimate of drug-likeness (QED) is 0.340. The van der Waals surface area contributed by atoms with E-state index in [-0.39, 0.29) is 16.7 Å². The van der Waals surface area contributed by atoms with Gasteiger partial charge in [0.05, 0.1) is 14.8 Å². The van der Waals surface area contributed by atoms with E-state index < -0.39 is 10.0 Å². The molecule has 1 fully saturated rings. The predicted octanol–water partition coefficient (Wildman–Crippen LogP) is 5.39. The lowest BCUT2D eigenvalue weighted by Gasteiger charge is -2.30. The summed E-state index contributed by atoms with van der Waals surface area (Å²) in [5, 5.41) is 12.4. The zero-order chi connectivity index (χ0) is 25.4. The number of nitrogens with one attached hydrogen (secondary N) is 1. The van der Waals surface area contributed by atoms with E-state index in [4.69, 9.17) is 11.6 Å².